The van der Waals surface area contributed by atoms with Gasteiger partial charge in [0, 0.05) is 12.6 Å². The van der Waals surface area contributed by atoms with Gasteiger partial charge in [0.2, 0.25) is 0 Å². The van der Waals surface area contributed by atoms with Crippen LogP contribution in [0.15, 0.2) is 18.2 Å². The highest BCUT2D eigenvalue weighted by molar-refractivity contribution is 6.42. The predicted molar refractivity (Wildman–Crippen MR) is 95.8 cm³/mol. The zero-order valence-electron chi connectivity index (χ0n) is 14.0. The van der Waals surface area contributed by atoms with Gasteiger partial charge >= 0.3 is 11.9 Å². The molecule has 0 atom stereocenters. The molecule has 0 aromatic heterocycles. The van der Waals surface area contributed by atoms with Crippen LogP contribution in [0.5, 0.6) is 5.75 Å². The number of carboxylic acids is 2. The van der Waals surface area contributed by atoms with Crippen LogP contribution < -0.4 is 10.1 Å². The minimum absolute atomic E-state index is 0.500. The molecule has 0 spiro atoms. The highest BCUT2D eigenvalue weighted by atomic mass is 35.5. The second-order valence-electron chi connectivity index (χ2n) is 4.75. The highest BCUT2D eigenvalue weighted by Crippen LogP contribution is 2.26. The number of benzene rings is 1. The smallest absolute Gasteiger partial charge is 0.414 e. The van der Waals surface area contributed by atoms with E-state index in [1.165, 1.54) is 12.8 Å². The average molecular weight is 396 g/mol. The van der Waals surface area contributed by atoms with Crippen LogP contribution in [0.2, 0.25) is 10.0 Å². The summed E-state index contributed by atoms with van der Waals surface area (Å²) in [6.45, 7) is 5.89. The number of rotatable bonds is 10. The fraction of sp³-hybridized carbons (Fsp3) is 0.500. The van der Waals surface area contributed by atoms with Crippen molar-refractivity contribution in [2.24, 2.45) is 0 Å². The first-order chi connectivity index (χ1) is 11.9. The molecule has 0 amide bonds. The van der Waals surface area contributed by atoms with Crippen LogP contribution in [0, 0.1) is 0 Å². The molecule has 0 bridgehead atoms. The molecular formula is C16H23Cl2NO6. The van der Waals surface area contributed by atoms with Crippen molar-refractivity contribution in [3.63, 3.8) is 0 Å². The number of unbranched alkanes of at least 4 members (excludes halogenated alkanes) is 1. The van der Waals surface area contributed by atoms with E-state index < -0.39 is 11.9 Å². The van der Waals surface area contributed by atoms with Gasteiger partial charge in [-0.25, -0.2) is 9.59 Å². The van der Waals surface area contributed by atoms with Crippen LogP contribution in [0.25, 0.3) is 0 Å². The number of hydrogen-bond donors (Lipinski definition) is 3. The van der Waals surface area contributed by atoms with E-state index in [1.54, 1.807) is 18.2 Å². The summed E-state index contributed by atoms with van der Waals surface area (Å²) in [5.74, 6) is -2.94. The molecule has 0 saturated heterocycles. The lowest BCUT2D eigenvalue weighted by molar-refractivity contribution is -0.159. The number of aliphatic carboxylic acids is 2. The monoisotopic (exact) mass is 395 g/mol. The van der Waals surface area contributed by atoms with Crippen LogP contribution in [0.3, 0.4) is 0 Å². The first-order valence-electron chi connectivity index (χ1n) is 7.71. The molecule has 0 fully saturated rings. The zero-order valence-corrected chi connectivity index (χ0v) is 15.5. The Balaban J connectivity index is 0.000000823. The van der Waals surface area contributed by atoms with E-state index in [2.05, 4.69) is 12.2 Å². The molecule has 0 unspecified atom stereocenters. The Morgan fingerprint density at radius 2 is 1.72 bits per heavy atom. The van der Waals surface area contributed by atoms with Crippen molar-refractivity contribution in [2.45, 2.75) is 19.8 Å². The summed E-state index contributed by atoms with van der Waals surface area (Å²) in [5.41, 5.74) is 0. The Hall–Kier alpha value is -1.54. The standard InChI is InChI=1S/C14H21Cl2NO2.C2H2O4/c1-2-3-6-17-7-8-18-9-10-19-12-4-5-13(15)14(16)11-12;3-1(4)2(5)6/h4-5,11,17H,2-3,6-10H2,1H3;(H,3,4)(H,5,6). The molecule has 9 heteroatoms. The molecule has 0 heterocycles. The Kier molecular flexibility index (Phi) is 13.9. The minimum Gasteiger partial charge on any atom is -0.491 e. The third kappa shape index (κ3) is 13.4. The van der Waals surface area contributed by atoms with E-state index >= 15 is 0 Å². The quantitative estimate of drug-likeness (QED) is 0.413. The molecular weight excluding hydrogens is 373 g/mol. The van der Waals surface area contributed by atoms with Crippen LogP contribution in [0.4, 0.5) is 0 Å². The average Bonchev–Trinajstić information content (AvgIpc) is 2.57. The normalized spacial score (nSPS) is 9.88. The molecule has 0 aliphatic carbocycles. The van der Waals surface area contributed by atoms with Crippen molar-refractivity contribution in [1.29, 1.82) is 0 Å². The van der Waals surface area contributed by atoms with Gasteiger partial charge < -0.3 is 25.0 Å². The maximum Gasteiger partial charge on any atom is 0.414 e. The Labute approximate surface area is 156 Å². The van der Waals surface area contributed by atoms with E-state index in [4.69, 9.17) is 52.5 Å². The van der Waals surface area contributed by atoms with Crippen molar-refractivity contribution in [3.8, 4) is 5.75 Å². The minimum atomic E-state index is -1.82. The Morgan fingerprint density at radius 1 is 1.04 bits per heavy atom. The SMILES string of the molecule is CCCCNCCOCCOc1ccc(Cl)c(Cl)c1.O=C(O)C(=O)O. The molecule has 1 aromatic rings. The maximum atomic E-state index is 9.10. The van der Waals surface area contributed by atoms with E-state index in [0.717, 1.165) is 13.1 Å². The summed E-state index contributed by atoms with van der Waals surface area (Å²) in [4.78, 5) is 18.2. The van der Waals surface area contributed by atoms with Gasteiger partial charge in [0.15, 0.2) is 0 Å². The molecule has 0 radical (unpaired) electrons. The van der Waals surface area contributed by atoms with Gasteiger partial charge in [0.05, 0.1) is 23.3 Å². The van der Waals surface area contributed by atoms with Gasteiger partial charge in [-0.1, -0.05) is 36.5 Å². The Morgan fingerprint density at radius 3 is 2.28 bits per heavy atom. The lowest BCUT2D eigenvalue weighted by atomic mass is 10.3. The third-order valence-corrected chi connectivity index (χ3v) is 3.44. The second-order valence-corrected chi connectivity index (χ2v) is 5.57. The van der Waals surface area contributed by atoms with E-state index in [9.17, 15) is 0 Å². The van der Waals surface area contributed by atoms with Gasteiger partial charge in [0.25, 0.3) is 0 Å². The van der Waals surface area contributed by atoms with Crippen molar-refractivity contribution in [1.82, 2.24) is 5.32 Å². The molecule has 25 heavy (non-hydrogen) atoms. The van der Waals surface area contributed by atoms with Crippen molar-refractivity contribution >= 4 is 35.1 Å². The fourth-order valence-corrected chi connectivity index (χ4v) is 1.75. The van der Waals surface area contributed by atoms with Crippen molar-refractivity contribution < 1.29 is 29.3 Å². The molecule has 1 aromatic carbocycles. The second kappa shape index (κ2) is 14.8. The van der Waals surface area contributed by atoms with E-state index in [1.807, 2.05) is 0 Å². The van der Waals surface area contributed by atoms with Gasteiger partial charge in [-0.05, 0) is 25.1 Å². The first-order valence-corrected chi connectivity index (χ1v) is 8.46. The van der Waals surface area contributed by atoms with Gasteiger partial charge in [-0.3, -0.25) is 0 Å². The van der Waals surface area contributed by atoms with E-state index in [0.29, 0.717) is 35.6 Å². The van der Waals surface area contributed by atoms with Crippen molar-refractivity contribution in [3.05, 3.63) is 28.2 Å². The molecule has 0 aliphatic rings. The zero-order chi connectivity index (χ0) is 19.1. The molecule has 7 nitrogen and oxygen atoms in total. The van der Waals surface area contributed by atoms with E-state index in [-0.39, 0.29) is 0 Å². The summed E-state index contributed by atoms with van der Waals surface area (Å²) in [6, 6.07) is 5.22. The molecule has 3 N–H and O–H groups in total. The lowest BCUT2D eigenvalue weighted by Gasteiger charge is -2.08. The van der Waals surface area contributed by atoms with Crippen LogP contribution in [-0.4, -0.2) is 55.1 Å². The largest absolute Gasteiger partial charge is 0.491 e. The lowest BCUT2D eigenvalue weighted by Crippen LogP contribution is -2.21. The van der Waals surface area contributed by atoms with Crippen LogP contribution in [-0.2, 0) is 14.3 Å². The first kappa shape index (κ1) is 23.5. The number of carbonyl (C=O) groups is 2. The molecule has 1 rings (SSSR count). The highest BCUT2D eigenvalue weighted by Gasteiger charge is 2.04. The third-order valence-electron chi connectivity index (χ3n) is 2.70. The molecule has 0 saturated carbocycles. The van der Waals surface area contributed by atoms with Crippen LogP contribution >= 0.6 is 23.2 Å². The van der Waals surface area contributed by atoms with Gasteiger partial charge in [0.1, 0.15) is 12.4 Å². The summed E-state index contributed by atoms with van der Waals surface area (Å²) >= 11 is 11.7. The van der Waals surface area contributed by atoms with Gasteiger partial charge in [-0.2, -0.15) is 0 Å². The van der Waals surface area contributed by atoms with Crippen molar-refractivity contribution in [2.75, 3.05) is 32.9 Å². The number of hydrogen-bond acceptors (Lipinski definition) is 5. The summed E-state index contributed by atoms with van der Waals surface area (Å²) < 4.78 is 10.9. The number of nitrogens with one attached hydrogen (secondary N) is 1. The summed E-state index contributed by atoms with van der Waals surface area (Å²) in [6.07, 6.45) is 2.42. The molecule has 0 aliphatic heterocycles. The predicted octanol–water partition coefficient (Wildman–Crippen LogP) is 2.93. The summed E-state index contributed by atoms with van der Waals surface area (Å²) in [5, 5.41) is 19.1. The maximum absolute atomic E-state index is 9.10. The Bertz CT molecular complexity index is 515. The number of halogens is 2. The van der Waals surface area contributed by atoms with Crippen LogP contribution in [0.1, 0.15) is 19.8 Å². The van der Waals surface area contributed by atoms with Gasteiger partial charge in [-0.15, -0.1) is 0 Å². The fourth-order valence-electron chi connectivity index (χ4n) is 1.46. The number of ether oxygens (including phenoxy) is 2. The summed E-state index contributed by atoms with van der Waals surface area (Å²) in [7, 11) is 0. The number of carboxylic acid groups (broad SMARTS) is 2. The molecule has 142 valence electrons. The topological polar surface area (TPSA) is 105 Å².